The first kappa shape index (κ1) is 12.6. The highest BCUT2D eigenvalue weighted by Crippen LogP contribution is 2.38. The molecule has 0 amide bonds. The van der Waals surface area contributed by atoms with Crippen LogP contribution in [0.2, 0.25) is 0 Å². The molecule has 17 heavy (non-hydrogen) atoms. The maximum absolute atomic E-state index is 5.73. The zero-order valence-corrected chi connectivity index (χ0v) is 11.2. The molecule has 1 fully saturated rings. The van der Waals surface area contributed by atoms with Crippen molar-refractivity contribution in [2.75, 3.05) is 6.54 Å². The molecule has 0 atom stereocenters. The van der Waals surface area contributed by atoms with Crippen LogP contribution < -0.4 is 5.73 Å². The summed E-state index contributed by atoms with van der Waals surface area (Å²) in [7, 11) is 0. The summed E-state index contributed by atoms with van der Waals surface area (Å²) in [6.07, 6.45) is 8.45. The minimum atomic E-state index is 0.295. The average Bonchev–Trinajstić information content (AvgIpc) is 3.05. The number of nitrogens with two attached hydrogens (primary N) is 1. The molecule has 3 nitrogen and oxygen atoms in total. The molecule has 0 aromatic carbocycles. The highest BCUT2D eigenvalue weighted by Gasteiger charge is 2.25. The molecule has 0 spiro atoms. The molecule has 1 aromatic heterocycles. The molecule has 0 unspecified atom stereocenters. The molecule has 0 saturated heterocycles. The van der Waals surface area contributed by atoms with E-state index in [1.165, 1.54) is 37.8 Å². The van der Waals surface area contributed by atoms with E-state index in [9.17, 15) is 0 Å². The van der Waals surface area contributed by atoms with Gasteiger partial charge >= 0.3 is 0 Å². The molecule has 3 heteroatoms. The summed E-state index contributed by atoms with van der Waals surface area (Å²) in [5.41, 5.74) is 7.32. The first-order valence-electron chi connectivity index (χ1n) is 6.84. The third kappa shape index (κ3) is 3.84. The molecule has 2 rings (SSSR count). The van der Waals surface area contributed by atoms with Gasteiger partial charge in [0.15, 0.2) is 0 Å². The van der Waals surface area contributed by atoms with E-state index in [1.807, 2.05) is 0 Å². The van der Waals surface area contributed by atoms with Crippen LogP contribution in [0.25, 0.3) is 0 Å². The van der Waals surface area contributed by atoms with Crippen LogP contribution in [0.15, 0.2) is 12.3 Å². The first-order chi connectivity index (χ1) is 8.11. The first-order valence-corrected chi connectivity index (χ1v) is 6.84. The van der Waals surface area contributed by atoms with Crippen LogP contribution in [-0.2, 0) is 6.54 Å². The smallest absolute Gasteiger partial charge is 0.0655 e. The number of aromatic nitrogens is 2. The highest BCUT2D eigenvalue weighted by atomic mass is 15.3. The maximum Gasteiger partial charge on any atom is 0.0655 e. The lowest BCUT2D eigenvalue weighted by Crippen LogP contribution is -2.23. The quantitative estimate of drug-likeness (QED) is 0.738. The summed E-state index contributed by atoms with van der Waals surface area (Å²) in [5.74, 6) is 0.771. The largest absolute Gasteiger partial charge is 0.330 e. The van der Waals surface area contributed by atoms with Crippen LogP contribution in [0.4, 0.5) is 0 Å². The molecule has 0 aliphatic heterocycles. The lowest BCUT2D eigenvalue weighted by molar-refractivity contribution is 0.327. The summed E-state index contributed by atoms with van der Waals surface area (Å²) in [6, 6.07) is 2.18. The zero-order chi connectivity index (χ0) is 12.3. The number of hydrogen-bond donors (Lipinski definition) is 1. The van der Waals surface area contributed by atoms with Crippen molar-refractivity contribution in [3.63, 3.8) is 0 Å². The Kier molecular flexibility index (Phi) is 3.87. The van der Waals surface area contributed by atoms with Crippen LogP contribution in [0.1, 0.15) is 57.6 Å². The van der Waals surface area contributed by atoms with E-state index in [2.05, 4.69) is 35.9 Å². The molecule has 96 valence electrons. The van der Waals surface area contributed by atoms with Gasteiger partial charge in [-0.25, -0.2) is 0 Å². The van der Waals surface area contributed by atoms with Gasteiger partial charge < -0.3 is 5.73 Å². The Labute approximate surface area is 104 Å². The Morgan fingerprint density at radius 1 is 1.41 bits per heavy atom. The Hall–Kier alpha value is -0.830. The summed E-state index contributed by atoms with van der Waals surface area (Å²) in [5, 5.41) is 4.62. The maximum atomic E-state index is 5.73. The van der Waals surface area contributed by atoms with Crippen molar-refractivity contribution in [3.8, 4) is 0 Å². The van der Waals surface area contributed by atoms with Gasteiger partial charge in [0.1, 0.15) is 0 Å². The van der Waals surface area contributed by atoms with Gasteiger partial charge in [0, 0.05) is 18.7 Å². The normalized spacial score (nSPS) is 16.4. The zero-order valence-electron chi connectivity index (χ0n) is 11.2. The van der Waals surface area contributed by atoms with Crippen molar-refractivity contribution in [1.29, 1.82) is 0 Å². The van der Waals surface area contributed by atoms with Gasteiger partial charge in [-0.05, 0) is 43.7 Å². The van der Waals surface area contributed by atoms with Crippen LogP contribution in [0.5, 0.6) is 0 Å². The lowest BCUT2D eigenvalue weighted by atomic mass is 9.87. The predicted molar refractivity (Wildman–Crippen MR) is 70.9 cm³/mol. The second-order valence-electron chi connectivity index (χ2n) is 6.10. The SMILES string of the molecule is CC(C)(CN)CCCCn1ccc(C2CC2)n1. The second kappa shape index (κ2) is 5.21. The van der Waals surface area contributed by atoms with E-state index in [1.54, 1.807) is 0 Å². The molecule has 1 saturated carbocycles. The minimum absolute atomic E-state index is 0.295. The fourth-order valence-electron chi connectivity index (χ4n) is 2.08. The van der Waals surface area contributed by atoms with Gasteiger partial charge in [-0.3, -0.25) is 4.68 Å². The van der Waals surface area contributed by atoms with Gasteiger partial charge in [-0.2, -0.15) is 5.10 Å². The number of hydrogen-bond acceptors (Lipinski definition) is 2. The Bertz CT molecular complexity index is 350. The summed E-state index contributed by atoms with van der Waals surface area (Å²) in [4.78, 5) is 0. The minimum Gasteiger partial charge on any atom is -0.330 e. The van der Waals surface area contributed by atoms with E-state index in [-0.39, 0.29) is 0 Å². The number of nitrogens with zero attached hydrogens (tertiary/aromatic N) is 2. The summed E-state index contributed by atoms with van der Waals surface area (Å²) >= 11 is 0. The lowest BCUT2D eigenvalue weighted by Gasteiger charge is -2.21. The summed E-state index contributed by atoms with van der Waals surface area (Å²) < 4.78 is 2.10. The molecule has 1 heterocycles. The van der Waals surface area contributed by atoms with Gasteiger partial charge in [0.05, 0.1) is 5.69 Å². The van der Waals surface area contributed by atoms with Crippen molar-refractivity contribution in [1.82, 2.24) is 9.78 Å². The van der Waals surface area contributed by atoms with Crippen molar-refractivity contribution in [2.45, 2.75) is 58.4 Å². The fraction of sp³-hybridized carbons (Fsp3) is 0.786. The van der Waals surface area contributed by atoms with Gasteiger partial charge in [0.2, 0.25) is 0 Å². The van der Waals surface area contributed by atoms with Crippen molar-refractivity contribution < 1.29 is 0 Å². The molecular weight excluding hydrogens is 210 g/mol. The third-order valence-corrected chi connectivity index (χ3v) is 3.70. The molecule has 0 bridgehead atoms. The fourth-order valence-corrected chi connectivity index (χ4v) is 2.08. The van der Waals surface area contributed by atoms with Crippen LogP contribution >= 0.6 is 0 Å². The van der Waals surface area contributed by atoms with E-state index >= 15 is 0 Å². The number of aryl methyl sites for hydroxylation is 1. The van der Waals surface area contributed by atoms with Crippen molar-refractivity contribution in [3.05, 3.63) is 18.0 Å². The number of unbranched alkanes of at least 4 members (excludes halogenated alkanes) is 1. The molecule has 0 radical (unpaired) electrons. The van der Waals surface area contributed by atoms with Crippen LogP contribution in [-0.4, -0.2) is 16.3 Å². The van der Waals surface area contributed by atoms with E-state index < -0.39 is 0 Å². The predicted octanol–water partition coefficient (Wildman–Crippen LogP) is 2.92. The molecule has 1 aromatic rings. The monoisotopic (exact) mass is 235 g/mol. The third-order valence-electron chi connectivity index (χ3n) is 3.70. The molecular formula is C14H25N3. The van der Waals surface area contributed by atoms with Crippen LogP contribution in [0, 0.1) is 5.41 Å². The Balaban J connectivity index is 1.67. The van der Waals surface area contributed by atoms with E-state index in [0.29, 0.717) is 5.41 Å². The van der Waals surface area contributed by atoms with Crippen molar-refractivity contribution in [2.24, 2.45) is 11.1 Å². The Morgan fingerprint density at radius 2 is 2.18 bits per heavy atom. The van der Waals surface area contributed by atoms with Gasteiger partial charge in [-0.1, -0.05) is 20.3 Å². The standard InChI is InChI=1S/C14H25N3/c1-14(2,11-15)8-3-4-9-17-10-7-13(16-17)12-5-6-12/h7,10,12H,3-6,8-9,11,15H2,1-2H3. The molecule has 1 aliphatic rings. The second-order valence-corrected chi connectivity index (χ2v) is 6.10. The molecule has 1 aliphatic carbocycles. The van der Waals surface area contributed by atoms with E-state index in [0.717, 1.165) is 19.0 Å². The van der Waals surface area contributed by atoms with E-state index in [4.69, 9.17) is 5.73 Å². The average molecular weight is 235 g/mol. The van der Waals surface area contributed by atoms with Crippen molar-refractivity contribution >= 4 is 0 Å². The Morgan fingerprint density at radius 3 is 2.82 bits per heavy atom. The molecule has 2 N–H and O–H groups in total. The topological polar surface area (TPSA) is 43.8 Å². The number of rotatable bonds is 7. The highest BCUT2D eigenvalue weighted by molar-refractivity contribution is 5.12. The van der Waals surface area contributed by atoms with Gasteiger partial charge in [-0.15, -0.1) is 0 Å². The summed E-state index contributed by atoms with van der Waals surface area (Å²) in [6.45, 7) is 6.31. The van der Waals surface area contributed by atoms with Gasteiger partial charge in [0.25, 0.3) is 0 Å². The van der Waals surface area contributed by atoms with Crippen LogP contribution in [0.3, 0.4) is 0 Å².